The molecule has 0 aliphatic heterocycles. The third-order valence-electron chi connectivity index (χ3n) is 3.67. The van der Waals surface area contributed by atoms with Crippen molar-refractivity contribution in [2.24, 2.45) is 7.05 Å². The molecule has 0 spiro atoms. The number of nitrogens with zero attached hydrogens (tertiary/aromatic N) is 3. The van der Waals surface area contributed by atoms with E-state index in [1.54, 1.807) is 10.7 Å². The van der Waals surface area contributed by atoms with Crippen LogP contribution in [0, 0.1) is 6.92 Å². The Labute approximate surface area is 135 Å². The van der Waals surface area contributed by atoms with Crippen molar-refractivity contribution < 1.29 is 14.3 Å². The van der Waals surface area contributed by atoms with E-state index in [1.807, 2.05) is 27.8 Å². The Morgan fingerprint density at radius 2 is 2.09 bits per heavy atom. The van der Waals surface area contributed by atoms with E-state index in [9.17, 15) is 9.59 Å². The second-order valence-corrected chi connectivity index (χ2v) is 5.74. The molecule has 124 valence electrons. The van der Waals surface area contributed by atoms with Crippen LogP contribution in [0.4, 0.5) is 0 Å². The van der Waals surface area contributed by atoms with Gasteiger partial charge in [0.25, 0.3) is 5.91 Å². The zero-order valence-corrected chi connectivity index (χ0v) is 14.1. The maximum atomic E-state index is 12.5. The summed E-state index contributed by atoms with van der Waals surface area (Å²) < 4.78 is 6.25. The molecule has 0 bridgehead atoms. The van der Waals surface area contributed by atoms with E-state index in [4.69, 9.17) is 0 Å². The lowest BCUT2D eigenvalue weighted by Gasteiger charge is -2.10. The van der Waals surface area contributed by atoms with Crippen LogP contribution in [0.25, 0.3) is 11.0 Å². The van der Waals surface area contributed by atoms with Crippen molar-refractivity contribution in [3.63, 3.8) is 0 Å². The maximum absolute atomic E-state index is 12.5. The van der Waals surface area contributed by atoms with Gasteiger partial charge in [-0.3, -0.25) is 14.3 Å². The summed E-state index contributed by atoms with van der Waals surface area (Å²) in [6, 6.07) is 1.80. The van der Waals surface area contributed by atoms with Gasteiger partial charge in [-0.15, -0.1) is 0 Å². The van der Waals surface area contributed by atoms with Gasteiger partial charge in [0.15, 0.2) is 5.65 Å². The SMILES string of the molecule is COC(=O)CCNC(=O)c1cc(C(C)C)nc2c1c(C)nn2C. The van der Waals surface area contributed by atoms with Crippen LogP contribution in [0.15, 0.2) is 6.07 Å². The molecule has 2 rings (SSSR count). The van der Waals surface area contributed by atoms with Gasteiger partial charge in [-0.1, -0.05) is 13.8 Å². The van der Waals surface area contributed by atoms with Crippen LogP contribution in [0.5, 0.6) is 0 Å². The Kier molecular flexibility index (Phi) is 4.98. The molecule has 7 heteroatoms. The fourth-order valence-corrected chi connectivity index (χ4v) is 2.41. The highest BCUT2D eigenvalue weighted by atomic mass is 16.5. The van der Waals surface area contributed by atoms with Crippen molar-refractivity contribution in [1.82, 2.24) is 20.1 Å². The van der Waals surface area contributed by atoms with Gasteiger partial charge in [0.2, 0.25) is 0 Å². The molecule has 0 fully saturated rings. The molecule has 0 aliphatic rings. The summed E-state index contributed by atoms with van der Waals surface area (Å²) in [6.07, 6.45) is 0.138. The number of aryl methyl sites for hydroxylation is 2. The second-order valence-electron chi connectivity index (χ2n) is 5.74. The molecule has 0 unspecified atom stereocenters. The van der Waals surface area contributed by atoms with Crippen LogP contribution < -0.4 is 5.32 Å². The quantitative estimate of drug-likeness (QED) is 0.848. The van der Waals surface area contributed by atoms with Crippen molar-refractivity contribution in [2.75, 3.05) is 13.7 Å². The molecule has 0 radical (unpaired) electrons. The van der Waals surface area contributed by atoms with Crippen molar-refractivity contribution in [1.29, 1.82) is 0 Å². The second kappa shape index (κ2) is 6.76. The Morgan fingerprint density at radius 3 is 2.70 bits per heavy atom. The Hall–Kier alpha value is -2.44. The first-order valence-electron chi connectivity index (χ1n) is 7.54. The number of hydrogen-bond donors (Lipinski definition) is 1. The van der Waals surface area contributed by atoms with Gasteiger partial charge in [0.1, 0.15) is 0 Å². The van der Waals surface area contributed by atoms with E-state index in [2.05, 4.69) is 20.1 Å². The summed E-state index contributed by atoms with van der Waals surface area (Å²) in [6.45, 7) is 6.13. The molecule has 0 aliphatic carbocycles. The van der Waals surface area contributed by atoms with Crippen LogP contribution in [0.2, 0.25) is 0 Å². The highest BCUT2D eigenvalue weighted by Gasteiger charge is 2.19. The third-order valence-corrected chi connectivity index (χ3v) is 3.67. The number of rotatable bonds is 5. The number of ether oxygens (including phenoxy) is 1. The molecule has 1 N–H and O–H groups in total. The zero-order valence-electron chi connectivity index (χ0n) is 14.1. The average molecular weight is 318 g/mol. The lowest BCUT2D eigenvalue weighted by molar-refractivity contribution is -0.140. The first-order chi connectivity index (χ1) is 10.8. The highest BCUT2D eigenvalue weighted by Crippen LogP contribution is 2.24. The number of carbonyl (C=O) groups is 2. The van der Waals surface area contributed by atoms with E-state index in [0.29, 0.717) is 11.2 Å². The fraction of sp³-hybridized carbons (Fsp3) is 0.500. The van der Waals surface area contributed by atoms with Gasteiger partial charge in [-0.25, -0.2) is 4.98 Å². The first kappa shape index (κ1) is 16.9. The van der Waals surface area contributed by atoms with Crippen LogP contribution in [0.3, 0.4) is 0 Å². The molecule has 0 saturated heterocycles. The van der Waals surface area contributed by atoms with E-state index < -0.39 is 0 Å². The minimum Gasteiger partial charge on any atom is -0.469 e. The van der Waals surface area contributed by atoms with Crippen LogP contribution in [-0.2, 0) is 16.6 Å². The molecule has 0 atom stereocenters. The third kappa shape index (κ3) is 3.49. The highest BCUT2D eigenvalue weighted by molar-refractivity contribution is 6.06. The van der Waals surface area contributed by atoms with Crippen molar-refractivity contribution in [2.45, 2.75) is 33.1 Å². The van der Waals surface area contributed by atoms with Gasteiger partial charge >= 0.3 is 5.97 Å². The minimum absolute atomic E-state index is 0.138. The van der Waals surface area contributed by atoms with Crippen LogP contribution in [0.1, 0.15) is 47.9 Å². The number of carbonyl (C=O) groups excluding carboxylic acids is 2. The first-order valence-corrected chi connectivity index (χ1v) is 7.54. The smallest absolute Gasteiger partial charge is 0.307 e. The minimum atomic E-state index is -0.356. The molecule has 7 nitrogen and oxygen atoms in total. The number of esters is 1. The Balaban J connectivity index is 2.37. The molecule has 0 aromatic carbocycles. The lowest BCUT2D eigenvalue weighted by atomic mass is 10.0. The van der Waals surface area contributed by atoms with Crippen molar-refractivity contribution in [3.8, 4) is 0 Å². The molecule has 2 aromatic heterocycles. The van der Waals surface area contributed by atoms with Crippen molar-refractivity contribution >= 4 is 22.9 Å². The molecule has 2 aromatic rings. The van der Waals surface area contributed by atoms with Gasteiger partial charge in [0, 0.05) is 19.3 Å². The molecular weight excluding hydrogens is 296 g/mol. The van der Waals surface area contributed by atoms with Crippen LogP contribution >= 0.6 is 0 Å². The Morgan fingerprint density at radius 1 is 1.39 bits per heavy atom. The van der Waals surface area contributed by atoms with Gasteiger partial charge in [-0.05, 0) is 18.9 Å². The number of nitrogens with one attached hydrogen (secondary N) is 1. The lowest BCUT2D eigenvalue weighted by Crippen LogP contribution is -2.27. The van der Waals surface area contributed by atoms with E-state index >= 15 is 0 Å². The molecule has 1 amide bonds. The van der Waals surface area contributed by atoms with E-state index in [-0.39, 0.29) is 30.8 Å². The van der Waals surface area contributed by atoms with Gasteiger partial charge in [-0.2, -0.15) is 5.10 Å². The number of fused-ring (bicyclic) bond motifs is 1. The predicted molar refractivity (Wildman–Crippen MR) is 86.3 cm³/mol. The monoisotopic (exact) mass is 318 g/mol. The normalized spacial score (nSPS) is 11.0. The van der Waals surface area contributed by atoms with Crippen molar-refractivity contribution in [3.05, 3.63) is 23.0 Å². The Bertz CT molecular complexity index is 749. The standard InChI is InChI=1S/C16H22N4O3/c1-9(2)12-8-11(16(22)17-7-6-13(21)23-5)14-10(3)19-20(4)15(14)18-12/h8-9H,6-7H2,1-5H3,(H,17,22). The predicted octanol–water partition coefficient (Wildman–Crippen LogP) is 1.69. The number of pyridine rings is 1. The summed E-state index contributed by atoms with van der Waals surface area (Å²) >= 11 is 0. The summed E-state index contributed by atoms with van der Waals surface area (Å²) in [4.78, 5) is 28.3. The summed E-state index contributed by atoms with van der Waals surface area (Å²) in [5.74, 6) is -0.402. The topological polar surface area (TPSA) is 86.1 Å². The molecule has 2 heterocycles. The number of hydrogen-bond acceptors (Lipinski definition) is 5. The van der Waals surface area contributed by atoms with E-state index in [1.165, 1.54) is 7.11 Å². The molecule has 23 heavy (non-hydrogen) atoms. The van der Waals surface area contributed by atoms with Crippen LogP contribution in [-0.4, -0.2) is 40.3 Å². The number of aromatic nitrogens is 3. The maximum Gasteiger partial charge on any atom is 0.307 e. The summed E-state index contributed by atoms with van der Waals surface area (Å²) in [5, 5.41) is 7.85. The van der Waals surface area contributed by atoms with E-state index in [0.717, 1.165) is 16.8 Å². The number of methoxy groups -OCH3 is 1. The largest absolute Gasteiger partial charge is 0.469 e. The fourth-order valence-electron chi connectivity index (χ4n) is 2.41. The van der Waals surface area contributed by atoms with Gasteiger partial charge < -0.3 is 10.1 Å². The summed E-state index contributed by atoms with van der Waals surface area (Å²) in [7, 11) is 3.13. The zero-order chi connectivity index (χ0) is 17.1. The summed E-state index contributed by atoms with van der Waals surface area (Å²) in [5.41, 5.74) is 2.81. The molecular formula is C16H22N4O3. The number of amides is 1. The molecule has 0 saturated carbocycles. The average Bonchev–Trinajstić information content (AvgIpc) is 2.80. The van der Waals surface area contributed by atoms with Gasteiger partial charge in [0.05, 0.1) is 30.2 Å².